The summed E-state index contributed by atoms with van der Waals surface area (Å²) in [4.78, 5) is 12.1. The van der Waals surface area contributed by atoms with Gasteiger partial charge in [-0.1, -0.05) is 23.8 Å². The van der Waals surface area contributed by atoms with E-state index in [9.17, 15) is 4.79 Å². The molecule has 21 heavy (non-hydrogen) atoms. The lowest BCUT2D eigenvalue weighted by molar-refractivity contribution is -0.152. The number of carbonyl (C=O) groups is 1. The van der Waals surface area contributed by atoms with E-state index in [0.29, 0.717) is 13.2 Å². The first kappa shape index (κ1) is 15.6. The summed E-state index contributed by atoms with van der Waals surface area (Å²) in [6.45, 7) is 4.76. The van der Waals surface area contributed by atoms with Crippen molar-refractivity contribution in [1.82, 2.24) is 0 Å². The first-order chi connectivity index (χ1) is 10.2. The van der Waals surface area contributed by atoms with Crippen LogP contribution in [0.25, 0.3) is 6.08 Å². The molecule has 0 amide bonds. The van der Waals surface area contributed by atoms with E-state index in [1.54, 1.807) is 7.11 Å². The summed E-state index contributed by atoms with van der Waals surface area (Å²) >= 11 is 0. The van der Waals surface area contributed by atoms with Gasteiger partial charge in [-0.05, 0) is 38.0 Å². The third-order valence-electron chi connectivity index (χ3n) is 3.65. The third-order valence-corrected chi connectivity index (χ3v) is 3.65. The van der Waals surface area contributed by atoms with Crippen molar-refractivity contribution in [2.75, 3.05) is 20.3 Å². The van der Waals surface area contributed by atoms with Gasteiger partial charge in [0.05, 0.1) is 26.4 Å². The molecule has 1 heterocycles. The molecule has 0 aromatic heterocycles. The van der Waals surface area contributed by atoms with Gasteiger partial charge in [0.15, 0.2) is 0 Å². The predicted molar refractivity (Wildman–Crippen MR) is 81.1 cm³/mol. The van der Waals surface area contributed by atoms with Gasteiger partial charge in [0.2, 0.25) is 0 Å². The van der Waals surface area contributed by atoms with E-state index in [2.05, 4.69) is 6.08 Å². The van der Waals surface area contributed by atoms with Crippen LogP contribution in [0.15, 0.2) is 29.8 Å². The maximum Gasteiger partial charge on any atom is 0.315 e. The lowest BCUT2D eigenvalue weighted by Crippen LogP contribution is -2.36. The molecular weight excluding hydrogens is 268 g/mol. The van der Waals surface area contributed by atoms with E-state index in [1.807, 2.05) is 38.1 Å². The van der Waals surface area contributed by atoms with Crippen molar-refractivity contribution in [1.29, 1.82) is 0 Å². The number of methoxy groups -OCH3 is 1. The largest absolute Gasteiger partial charge is 0.497 e. The van der Waals surface area contributed by atoms with Gasteiger partial charge in [-0.3, -0.25) is 4.79 Å². The molecule has 0 unspecified atom stereocenters. The van der Waals surface area contributed by atoms with Crippen LogP contribution in [0.3, 0.4) is 0 Å². The topological polar surface area (TPSA) is 44.8 Å². The summed E-state index contributed by atoms with van der Waals surface area (Å²) in [6.07, 6.45) is 2.65. The van der Waals surface area contributed by atoms with Crippen LogP contribution in [0, 0.1) is 5.92 Å². The summed E-state index contributed by atoms with van der Waals surface area (Å²) in [7, 11) is 1.64. The molecule has 0 radical (unpaired) electrons. The number of hydrogen-bond acceptors (Lipinski definition) is 4. The zero-order valence-electron chi connectivity index (χ0n) is 12.8. The second kappa shape index (κ2) is 7.27. The number of hydrogen-bond donors (Lipinski definition) is 0. The van der Waals surface area contributed by atoms with E-state index in [4.69, 9.17) is 14.2 Å². The summed E-state index contributed by atoms with van der Waals surface area (Å²) in [5, 5.41) is 0. The minimum atomic E-state index is -0.319. The highest BCUT2D eigenvalue weighted by molar-refractivity contribution is 5.79. The average molecular weight is 290 g/mol. The molecule has 1 aliphatic heterocycles. The number of rotatable bonds is 4. The molecule has 114 valence electrons. The van der Waals surface area contributed by atoms with E-state index in [-0.39, 0.29) is 18.0 Å². The molecule has 1 aromatic rings. The normalized spacial score (nSPS) is 23.9. The molecular formula is C17H22O4. The van der Waals surface area contributed by atoms with Gasteiger partial charge >= 0.3 is 5.97 Å². The smallest absolute Gasteiger partial charge is 0.315 e. The molecule has 0 spiro atoms. The fourth-order valence-corrected chi connectivity index (χ4v) is 2.57. The minimum absolute atomic E-state index is 0.151. The molecule has 0 N–H and O–H groups in total. The SMILES string of the molecule is CCOC(=O)[C@H]1/C(=C/c2ccc(OC)cc2)CCO[C@H]1C. The van der Waals surface area contributed by atoms with Crippen molar-refractivity contribution in [2.24, 2.45) is 5.92 Å². The Hall–Kier alpha value is -1.81. The van der Waals surface area contributed by atoms with Gasteiger partial charge in [0.25, 0.3) is 0 Å². The molecule has 1 saturated heterocycles. The Kier molecular flexibility index (Phi) is 5.39. The zero-order chi connectivity index (χ0) is 15.2. The quantitative estimate of drug-likeness (QED) is 0.799. The van der Waals surface area contributed by atoms with Crippen molar-refractivity contribution in [3.05, 3.63) is 35.4 Å². The van der Waals surface area contributed by atoms with Gasteiger partial charge < -0.3 is 14.2 Å². The van der Waals surface area contributed by atoms with E-state index < -0.39 is 0 Å². The minimum Gasteiger partial charge on any atom is -0.497 e. The van der Waals surface area contributed by atoms with Crippen molar-refractivity contribution in [3.63, 3.8) is 0 Å². The molecule has 4 heteroatoms. The van der Waals surface area contributed by atoms with Crippen LogP contribution in [-0.4, -0.2) is 32.4 Å². The van der Waals surface area contributed by atoms with Crippen LogP contribution >= 0.6 is 0 Å². The molecule has 1 aliphatic rings. The van der Waals surface area contributed by atoms with Crippen LogP contribution < -0.4 is 4.74 Å². The van der Waals surface area contributed by atoms with Crippen LogP contribution in [0.2, 0.25) is 0 Å². The fraction of sp³-hybridized carbons (Fsp3) is 0.471. The van der Waals surface area contributed by atoms with Crippen molar-refractivity contribution in [3.8, 4) is 5.75 Å². The monoisotopic (exact) mass is 290 g/mol. The van der Waals surface area contributed by atoms with E-state index >= 15 is 0 Å². The van der Waals surface area contributed by atoms with Gasteiger partial charge in [0.1, 0.15) is 11.7 Å². The van der Waals surface area contributed by atoms with E-state index in [0.717, 1.165) is 23.3 Å². The summed E-state index contributed by atoms with van der Waals surface area (Å²) in [6, 6.07) is 7.78. The Morgan fingerprint density at radius 1 is 1.38 bits per heavy atom. The second-order valence-corrected chi connectivity index (χ2v) is 5.05. The highest BCUT2D eigenvalue weighted by atomic mass is 16.5. The highest BCUT2D eigenvalue weighted by Crippen LogP contribution is 2.29. The number of ether oxygens (including phenoxy) is 3. The van der Waals surface area contributed by atoms with Crippen molar-refractivity contribution >= 4 is 12.0 Å². The summed E-state index contributed by atoms with van der Waals surface area (Å²) in [5.74, 6) is 0.296. The maximum absolute atomic E-state index is 12.1. The lowest BCUT2D eigenvalue weighted by atomic mass is 9.88. The van der Waals surface area contributed by atoms with Gasteiger partial charge in [-0.2, -0.15) is 0 Å². The van der Waals surface area contributed by atoms with Crippen molar-refractivity contribution < 1.29 is 19.0 Å². The van der Waals surface area contributed by atoms with Crippen molar-refractivity contribution in [2.45, 2.75) is 26.4 Å². The third kappa shape index (κ3) is 3.85. The first-order valence-corrected chi connectivity index (χ1v) is 7.28. The average Bonchev–Trinajstić information content (AvgIpc) is 2.48. The first-order valence-electron chi connectivity index (χ1n) is 7.28. The molecule has 4 nitrogen and oxygen atoms in total. The fourth-order valence-electron chi connectivity index (χ4n) is 2.57. The molecule has 2 rings (SSSR count). The Morgan fingerprint density at radius 2 is 2.10 bits per heavy atom. The number of benzene rings is 1. The van der Waals surface area contributed by atoms with Gasteiger partial charge in [-0.15, -0.1) is 0 Å². The Morgan fingerprint density at radius 3 is 2.71 bits per heavy atom. The molecule has 1 fully saturated rings. The van der Waals surface area contributed by atoms with Gasteiger partial charge in [0, 0.05) is 0 Å². The standard InChI is InChI=1S/C17H22O4/c1-4-20-17(18)16-12(2)21-10-9-14(16)11-13-5-7-15(19-3)8-6-13/h5-8,11-12,16H,4,9-10H2,1-3H3/b14-11+/t12-,16+/m0/s1. The number of carbonyl (C=O) groups excluding carboxylic acids is 1. The zero-order valence-corrected chi connectivity index (χ0v) is 12.8. The highest BCUT2D eigenvalue weighted by Gasteiger charge is 2.33. The molecule has 2 atom stereocenters. The Balaban J connectivity index is 2.24. The van der Waals surface area contributed by atoms with Crippen LogP contribution in [0.5, 0.6) is 5.75 Å². The molecule has 1 aromatic carbocycles. The Labute approximate surface area is 125 Å². The summed E-state index contributed by atoms with van der Waals surface area (Å²) < 4.78 is 15.9. The van der Waals surface area contributed by atoms with Crippen LogP contribution in [-0.2, 0) is 14.3 Å². The molecule has 0 saturated carbocycles. The van der Waals surface area contributed by atoms with Crippen LogP contribution in [0.4, 0.5) is 0 Å². The van der Waals surface area contributed by atoms with E-state index in [1.165, 1.54) is 0 Å². The lowest BCUT2D eigenvalue weighted by Gasteiger charge is -2.30. The summed E-state index contributed by atoms with van der Waals surface area (Å²) in [5.41, 5.74) is 2.12. The predicted octanol–water partition coefficient (Wildman–Crippen LogP) is 3.07. The van der Waals surface area contributed by atoms with Gasteiger partial charge in [-0.25, -0.2) is 0 Å². The number of esters is 1. The van der Waals surface area contributed by atoms with Crippen LogP contribution in [0.1, 0.15) is 25.8 Å². The molecule has 0 bridgehead atoms. The Bertz CT molecular complexity index is 504. The maximum atomic E-state index is 12.1. The molecule has 0 aliphatic carbocycles. The second-order valence-electron chi connectivity index (χ2n) is 5.05.